The fourth-order valence-electron chi connectivity index (χ4n) is 2.44. The highest BCUT2D eigenvalue weighted by atomic mass is 32.2. The fourth-order valence-corrected chi connectivity index (χ4v) is 4.09. The summed E-state index contributed by atoms with van der Waals surface area (Å²) in [6.07, 6.45) is -1.30. The number of hydrogen-bond acceptors (Lipinski definition) is 3. The Morgan fingerprint density at radius 2 is 1.75 bits per heavy atom. The monoisotopic (exact) mass is 296 g/mol. The predicted molar refractivity (Wildman–Crippen MR) is 67.8 cm³/mol. The van der Waals surface area contributed by atoms with Gasteiger partial charge in [0.25, 0.3) is 0 Å². The molecule has 0 aliphatic carbocycles. The van der Waals surface area contributed by atoms with Crippen LogP contribution >= 0.6 is 0 Å². The Morgan fingerprint density at radius 1 is 1.05 bits per heavy atom. The van der Waals surface area contributed by atoms with E-state index >= 15 is 0 Å². The van der Waals surface area contributed by atoms with E-state index in [2.05, 4.69) is 0 Å². The Labute approximate surface area is 114 Å². The highest BCUT2D eigenvalue weighted by molar-refractivity contribution is 7.90. The van der Waals surface area contributed by atoms with E-state index in [0.29, 0.717) is 0 Å². The van der Waals surface area contributed by atoms with E-state index in [1.54, 1.807) is 6.07 Å². The normalized spacial score (nSPS) is 19.9. The van der Waals surface area contributed by atoms with Crippen molar-refractivity contribution in [1.29, 1.82) is 0 Å². The number of aliphatic hydroxyl groups excluding tert-OH is 1. The van der Waals surface area contributed by atoms with Gasteiger partial charge in [0.05, 0.1) is 10.6 Å². The van der Waals surface area contributed by atoms with E-state index in [0.717, 1.165) is 6.07 Å². The molecule has 3 nitrogen and oxygen atoms in total. The van der Waals surface area contributed by atoms with E-state index in [-0.39, 0.29) is 21.6 Å². The second-order valence-electron chi connectivity index (χ2n) is 4.63. The average molecular weight is 296 g/mol. The van der Waals surface area contributed by atoms with Crippen LogP contribution in [-0.4, -0.2) is 13.5 Å². The molecular formula is C14H10F2O3S. The lowest BCUT2D eigenvalue weighted by Gasteiger charge is -2.13. The largest absolute Gasteiger partial charge is 0.384 e. The van der Waals surface area contributed by atoms with E-state index in [1.165, 1.54) is 24.3 Å². The van der Waals surface area contributed by atoms with Crippen LogP contribution in [0.4, 0.5) is 8.78 Å². The smallest absolute Gasteiger partial charge is 0.183 e. The summed E-state index contributed by atoms with van der Waals surface area (Å²) in [5, 5.41) is 10.3. The molecule has 1 unspecified atom stereocenters. The van der Waals surface area contributed by atoms with Crippen LogP contribution in [0.15, 0.2) is 41.3 Å². The van der Waals surface area contributed by atoms with Gasteiger partial charge in [-0.3, -0.25) is 0 Å². The topological polar surface area (TPSA) is 54.4 Å². The molecule has 6 heteroatoms. The van der Waals surface area contributed by atoms with Gasteiger partial charge >= 0.3 is 0 Å². The van der Waals surface area contributed by atoms with E-state index in [1.807, 2.05) is 0 Å². The summed E-state index contributed by atoms with van der Waals surface area (Å²) in [6, 6.07) is 8.04. The molecule has 0 saturated carbocycles. The molecular weight excluding hydrogens is 286 g/mol. The minimum absolute atomic E-state index is 0.0523. The van der Waals surface area contributed by atoms with Gasteiger partial charge in [0.1, 0.15) is 6.10 Å². The van der Waals surface area contributed by atoms with Gasteiger partial charge in [-0.1, -0.05) is 24.3 Å². The van der Waals surface area contributed by atoms with Gasteiger partial charge in [0, 0.05) is 11.1 Å². The minimum Gasteiger partial charge on any atom is -0.384 e. The molecule has 1 N–H and O–H groups in total. The summed E-state index contributed by atoms with van der Waals surface area (Å²) in [5.74, 6) is -3.02. The van der Waals surface area contributed by atoms with E-state index < -0.39 is 33.3 Å². The van der Waals surface area contributed by atoms with Gasteiger partial charge in [0.2, 0.25) is 0 Å². The molecule has 104 valence electrons. The molecule has 2 aromatic rings. The number of halogens is 2. The maximum absolute atomic E-state index is 13.9. The summed E-state index contributed by atoms with van der Waals surface area (Å²) in [5.41, 5.74) is -0.0524. The number of benzene rings is 2. The Morgan fingerprint density at radius 3 is 2.50 bits per heavy atom. The first-order chi connectivity index (χ1) is 9.42. The number of hydrogen-bond donors (Lipinski definition) is 1. The van der Waals surface area contributed by atoms with Crippen LogP contribution in [-0.2, 0) is 15.6 Å². The Bertz CT molecular complexity index is 800. The van der Waals surface area contributed by atoms with E-state index in [9.17, 15) is 22.3 Å². The third-order valence-corrected chi connectivity index (χ3v) is 5.12. The first-order valence-electron chi connectivity index (χ1n) is 5.88. The van der Waals surface area contributed by atoms with Crippen LogP contribution < -0.4 is 0 Å². The van der Waals surface area contributed by atoms with Crippen LogP contribution in [0.5, 0.6) is 0 Å². The zero-order chi connectivity index (χ0) is 14.5. The minimum atomic E-state index is -3.83. The molecule has 2 aromatic carbocycles. The Balaban J connectivity index is 2.38. The molecule has 3 rings (SSSR count). The summed E-state index contributed by atoms with van der Waals surface area (Å²) < 4.78 is 51.7. The van der Waals surface area contributed by atoms with Crippen LogP contribution in [0.1, 0.15) is 22.8 Å². The molecule has 0 radical (unpaired) electrons. The van der Waals surface area contributed by atoms with Crippen LogP contribution in [0.25, 0.3) is 0 Å². The van der Waals surface area contributed by atoms with Gasteiger partial charge < -0.3 is 5.11 Å². The van der Waals surface area contributed by atoms with Crippen molar-refractivity contribution in [1.82, 2.24) is 0 Å². The molecule has 0 amide bonds. The summed E-state index contributed by atoms with van der Waals surface area (Å²) in [4.78, 5) is -0.0523. The fraction of sp³-hybridized carbons (Fsp3) is 0.143. The number of rotatable bonds is 0. The quantitative estimate of drug-likeness (QED) is 0.812. The lowest BCUT2D eigenvalue weighted by atomic mass is 9.97. The molecule has 0 spiro atoms. The Kier molecular flexibility index (Phi) is 2.88. The standard InChI is InChI=1S/C14H10F2O3S/c15-11-6-5-8-10(13(11)16)7-20(18,19)12-4-2-1-3-9(12)14(8)17/h1-6,14,17H,7H2. The maximum Gasteiger partial charge on any atom is 0.183 e. The highest BCUT2D eigenvalue weighted by Gasteiger charge is 2.32. The molecule has 1 atom stereocenters. The molecule has 1 aliphatic rings. The van der Waals surface area contributed by atoms with Crippen molar-refractivity contribution in [3.63, 3.8) is 0 Å². The van der Waals surface area contributed by atoms with Gasteiger partial charge in [0.15, 0.2) is 21.5 Å². The lowest BCUT2D eigenvalue weighted by Crippen LogP contribution is -2.07. The lowest BCUT2D eigenvalue weighted by molar-refractivity contribution is 0.216. The van der Waals surface area contributed by atoms with Gasteiger partial charge in [-0.2, -0.15) is 0 Å². The van der Waals surface area contributed by atoms with Gasteiger partial charge in [-0.15, -0.1) is 0 Å². The Hall–Kier alpha value is -1.79. The van der Waals surface area contributed by atoms with E-state index in [4.69, 9.17) is 0 Å². The second kappa shape index (κ2) is 4.36. The van der Waals surface area contributed by atoms with Crippen molar-refractivity contribution < 1.29 is 22.3 Å². The van der Waals surface area contributed by atoms with Gasteiger partial charge in [-0.25, -0.2) is 17.2 Å². The molecule has 0 bridgehead atoms. The number of sulfone groups is 1. The first-order valence-corrected chi connectivity index (χ1v) is 7.53. The van der Waals surface area contributed by atoms with Crippen molar-refractivity contribution in [3.05, 3.63) is 64.7 Å². The molecule has 1 heterocycles. The van der Waals surface area contributed by atoms with Crippen LogP contribution in [0, 0.1) is 11.6 Å². The highest BCUT2D eigenvalue weighted by Crippen LogP contribution is 2.37. The van der Waals surface area contributed by atoms with Crippen molar-refractivity contribution in [2.75, 3.05) is 0 Å². The molecule has 0 aromatic heterocycles. The van der Waals surface area contributed by atoms with Crippen molar-refractivity contribution in [3.8, 4) is 0 Å². The summed E-state index contributed by atoms with van der Waals surface area (Å²) in [7, 11) is -3.83. The molecule has 0 fully saturated rings. The van der Waals surface area contributed by atoms with Crippen molar-refractivity contribution in [2.45, 2.75) is 16.8 Å². The second-order valence-corrected chi connectivity index (χ2v) is 6.59. The third-order valence-electron chi connectivity index (χ3n) is 3.41. The predicted octanol–water partition coefficient (Wildman–Crippen LogP) is 2.33. The maximum atomic E-state index is 13.9. The summed E-state index contributed by atoms with van der Waals surface area (Å²) >= 11 is 0. The molecule has 20 heavy (non-hydrogen) atoms. The first kappa shape index (κ1) is 13.2. The average Bonchev–Trinajstić information content (AvgIpc) is 2.51. The number of aliphatic hydroxyl groups is 1. The van der Waals surface area contributed by atoms with Crippen molar-refractivity contribution in [2.24, 2.45) is 0 Å². The summed E-state index contributed by atoms with van der Waals surface area (Å²) in [6.45, 7) is 0. The van der Waals surface area contributed by atoms with Crippen molar-refractivity contribution >= 4 is 9.84 Å². The zero-order valence-corrected chi connectivity index (χ0v) is 11.0. The SMILES string of the molecule is O=S1(=O)Cc2c(ccc(F)c2F)C(O)c2ccccc21. The zero-order valence-electron chi connectivity index (χ0n) is 10.2. The third kappa shape index (κ3) is 1.83. The van der Waals surface area contributed by atoms with Crippen LogP contribution in [0.3, 0.4) is 0 Å². The molecule has 1 aliphatic heterocycles. The van der Waals surface area contributed by atoms with Gasteiger partial charge in [-0.05, 0) is 17.7 Å². The number of fused-ring (bicyclic) bond motifs is 2. The van der Waals surface area contributed by atoms with Crippen LogP contribution in [0.2, 0.25) is 0 Å². The molecule has 0 saturated heterocycles.